The van der Waals surface area contributed by atoms with Crippen molar-refractivity contribution >= 4 is 21.4 Å². The minimum atomic E-state index is -3.25. The maximum Gasteiger partial charge on any atom is 0.175 e. The van der Waals surface area contributed by atoms with Crippen LogP contribution >= 0.6 is 11.6 Å². The molecule has 3 aromatic carbocycles. The molecule has 0 fully saturated rings. The first-order valence-electron chi connectivity index (χ1n) is 9.05. The van der Waals surface area contributed by atoms with E-state index in [-0.39, 0.29) is 4.90 Å². The molecule has 0 spiro atoms. The molecule has 0 aliphatic carbocycles. The molecule has 0 aliphatic rings. The number of sulfone groups is 1. The topological polar surface area (TPSA) is 52.0 Å². The lowest BCUT2D eigenvalue weighted by molar-refractivity contribution is 0.602. The first-order chi connectivity index (χ1) is 13.8. The minimum absolute atomic E-state index is 0.281. The van der Waals surface area contributed by atoms with E-state index >= 15 is 0 Å². The summed E-state index contributed by atoms with van der Waals surface area (Å²) in [5, 5.41) is 5.46. The highest BCUT2D eigenvalue weighted by atomic mass is 35.5. The molecular formula is C23H19ClN2O2S. The third kappa shape index (κ3) is 4.11. The lowest BCUT2D eigenvalue weighted by Crippen LogP contribution is -2.01. The zero-order valence-electron chi connectivity index (χ0n) is 16.0. The van der Waals surface area contributed by atoms with Crippen LogP contribution in [0.3, 0.4) is 0 Å². The Bertz CT molecular complexity index is 1260. The highest BCUT2D eigenvalue weighted by molar-refractivity contribution is 7.90. The highest BCUT2D eigenvalue weighted by Gasteiger charge is 2.14. The van der Waals surface area contributed by atoms with Gasteiger partial charge < -0.3 is 0 Å². The summed E-state index contributed by atoms with van der Waals surface area (Å²) in [4.78, 5) is 0.281. The van der Waals surface area contributed by atoms with Crippen molar-refractivity contribution < 1.29 is 8.42 Å². The van der Waals surface area contributed by atoms with Crippen LogP contribution in [0.25, 0.3) is 28.2 Å². The molecule has 146 valence electrons. The number of rotatable bonds is 4. The molecule has 0 bridgehead atoms. The molecule has 0 radical (unpaired) electrons. The Morgan fingerprint density at radius 2 is 1.41 bits per heavy atom. The Balaban J connectivity index is 1.86. The van der Waals surface area contributed by atoms with Gasteiger partial charge in [0.2, 0.25) is 0 Å². The van der Waals surface area contributed by atoms with E-state index in [0.29, 0.717) is 5.02 Å². The number of nitrogens with zero attached hydrogens (tertiary/aromatic N) is 2. The van der Waals surface area contributed by atoms with Crippen molar-refractivity contribution in [2.75, 3.05) is 6.26 Å². The van der Waals surface area contributed by atoms with Crippen molar-refractivity contribution in [2.24, 2.45) is 0 Å². The van der Waals surface area contributed by atoms with Gasteiger partial charge in [0.05, 0.1) is 22.0 Å². The Morgan fingerprint density at radius 3 is 2.00 bits per heavy atom. The summed E-state index contributed by atoms with van der Waals surface area (Å²) in [6.45, 7) is 2.05. The molecule has 4 aromatic rings. The SMILES string of the molecule is Cc1ccc(-c2cc(-c3ccc(Cl)cc3)nn2-c2ccc(S(C)(=O)=O)cc2)cc1. The Hall–Kier alpha value is -2.89. The first kappa shape index (κ1) is 19.4. The monoisotopic (exact) mass is 422 g/mol. The standard InChI is InChI=1S/C23H19ClN2O2S/c1-16-3-5-18(6-4-16)23-15-22(17-7-9-19(24)10-8-17)25-26(23)20-11-13-21(14-12-20)29(2,27)28/h3-15H,1-2H3. The van der Waals surface area contributed by atoms with Crippen LogP contribution in [0.1, 0.15) is 5.56 Å². The fraction of sp³-hybridized carbons (Fsp3) is 0.0870. The zero-order valence-corrected chi connectivity index (χ0v) is 17.6. The lowest BCUT2D eigenvalue weighted by atomic mass is 10.1. The van der Waals surface area contributed by atoms with Crippen LogP contribution in [-0.2, 0) is 9.84 Å². The average Bonchev–Trinajstić information content (AvgIpc) is 3.14. The summed E-state index contributed by atoms with van der Waals surface area (Å²) in [5.41, 5.74) is 5.67. The smallest absolute Gasteiger partial charge is 0.175 e. The van der Waals surface area contributed by atoms with Gasteiger partial charge in [-0.15, -0.1) is 0 Å². The van der Waals surface area contributed by atoms with Gasteiger partial charge in [-0.05, 0) is 49.4 Å². The van der Waals surface area contributed by atoms with Crippen LogP contribution in [0.4, 0.5) is 0 Å². The quantitative estimate of drug-likeness (QED) is 0.432. The van der Waals surface area contributed by atoms with Gasteiger partial charge in [-0.2, -0.15) is 5.10 Å². The van der Waals surface area contributed by atoms with Crippen LogP contribution in [-0.4, -0.2) is 24.5 Å². The van der Waals surface area contributed by atoms with Gasteiger partial charge in [-0.1, -0.05) is 53.6 Å². The van der Waals surface area contributed by atoms with Crippen LogP contribution in [0.15, 0.2) is 83.8 Å². The van der Waals surface area contributed by atoms with Gasteiger partial charge in [-0.3, -0.25) is 0 Å². The lowest BCUT2D eigenvalue weighted by Gasteiger charge is -2.09. The van der Waals surface area contributed by atoms with Crippen molar-refractivity contribution in [3.8, 4) is 28.2 Å². The zero-order chi connectivity index (χ0) is 20.6. The second-order valence-electron chi connectivity index (χ2n) is 6.97. The van der Waals surface area contributed by atoms with Crippen molar-refractivity contribution in [1.82, 2.24) is 9.78 Å². The normalized spacial score (nSPS) is 11.6. The molecule has 0 unspecified atom stereocenters. The highest BCUT2D eigenvalue weighted by Crippen LogP contribution is 2.30. The molecule has 0 aliphatic heterocycles. The predicted molar refractivity (Wildman–Crippen MR) is 117 cm³/mol. The van der Waals surface area contributed by atoms with Crippen LogP contribution in [0.2, 0.25) is 5.02 Å². The van der Waals surface area contributed by atoms with Gasteiger partial charge >= 0.3 is 0 Å². The summed E-state index contributed by atoms with van der Waals surface area (Å²) in [5.74, 6) is 0. The second kappa shape index (κ2) is 7.50. The summed E-state index contributed by atoms with van der Waals surface area (Å²) in [6, 6.07) is 24.5. The van der Waals surface area contributed by atoms with Crippen LogP contribution in [0, 0.1) is 6.92 Å². The van der Waals surface area contributed by atoms with E-state index in [9.17, 15) is 8.42 Å². The van der Waals surface area contributed by atoms with Crippen molar-refractivity contribution in [3.05, 3.63) is 89.4 Å². The molecule has 0 saturated heterocycles. The summed E-state index contributed by atoms with van der Waals surface area (Å²) < 4.78 is 25.4. The van der Waals surface area contributed by atoms with Crippen molar-refractivity contribution in [2.45, 2.75) is 11.8 Å². The van der Waals surface area contributed by atoms with E-state index in [4.69, 9.17) is 16.7 Å². The number of hydrogen-bond acceptors (Lipinski definition) is 3. The molecule has 0 atom stereocenters. The number of hydrogen-bond donors (Lipinski definition) is 0. The van der Waals surface area contributed by atoms with Gasteiger partial charge in [0.15, 0.2) is 9.84 Å². The molecule has 4 rings (SSSR count). The molecule has 6 heteroatoms. The van der Waals surface area contributed by atoms with E-state index in [1.165, 1.54) is 11.8 Å². The minimum Gasteiger partial charge on any atom is -0.232 e. The fourth-order valence-electron chi connectivity index (χ4n) is 3.10. The van der Waals surface area contributed by atoms with E-state index in [2.05, 4.69) is 24.3 Å². The van der Waals surface area contributed by atoms with Crippen LogP contribution < -0.4 is 0 Å². The van der Waals surface area contributed by atoms with Crippen LogP contribution in [0.5, 0.6) is 0 Å². The number of aryl methyl sites for hydroxylation is 1. The van der Waals surface area contributed by atoms with E-state index in [1.54, 1.807) is 24.3 Å². The van der Waals surface area contributed by atoms with E-state index < -0.39 is 9.84 Å². The van der Waals surface area contributed by atoms with E-state index in [1.807, 2.05) is 41.9 Å². The first-order valence-corrected chi connectivity index (χ1v) is 11.3. The molecule has 29 heavy (non-hydrogen) atoms. The maximum absolute atomic E-state index is 11.8. The predicted octanol–water partition coefficient (Wildman–Crippen LogP) is 5.57. The molecule has 0 saturated carbocycles. The average molecular weight is 423 g/mol. The number of halogens is 1. The van der Waals surface area contributed by atoms with Gasteiger partial charge in [0, 0.05) is 22.4 Å². The second-order valence-corrected chi connectivity index (χ2v) is 9.42. The number of benzene rings is 3. The van der Waals surface area contributed by atoms with E-state index in [0.717, 1.165) is 28.2 Å². The molecular weight excluding hydrogens is 404 g/mol. The Kier molecular flexibility index (Phi) is 5.03. The third-order valence-electron chi connectivity index (χ3n) is 4.71. The molecule has 1 aromatic heterocycles. The molecule has 0 amide bonds. The Morgan fingerprint density at radius 1 is 0.828 bits per heavy atom. The third-order valence-corrected chi connectivity index (χ3v) is 6.09. The van der Waals surface area contributed by atoms with Crippen molar-refractivity contribution in [3.63, 3.8) is 0 Å². The van der Waals surface area contributed by atoms with Gasteiger partial charge in [-0.25, -0.2) is 13.1 Å². The van der Waals surface area contributed by atoms with Crippen molar-refractivity contribution in [1.29, 1.82) is 0 Å². The van der Waals surface area contributed by atoms with Gasteiger partial charge in [0.25, 0.3) is 0 Å². The Labute approximate surface area is 175 Å². The maximum atomic E-state index is 11.8. The fourth-order valence-corrected chi connectivity index (χ4v) is 3.86. The summed E-state index contributed by atoms with van der Waals surface area (Å²) in [6.07, 6.45) is 1.20. The molecule has 1 heterocycles. The largest absolute Gasteiger partial charge is 0.232 e. The molecule has 4 nitrogen and oxygen atoms in total. The summed E-state index contributed by atoms with van der Waals surface area (Å²) in [7, 11) is -3.25. The number of aromatic nitrogens is 2. The summed E-state index contributed by atoms with van der Waals surface area (Å²) >= 11 is 6.02. The van der Waals surface area contributed by atoms with Gasteiger partial charge in [0.1, 0.15) is 0 Å². The molecule has 0 N–H and O–H groups in total.